The minimum absolute atomic E-state index is 0.182. The number of benzene rings is 2. The third kappa shape index (κ3) is 3.40. The molecule has 0 spiro atoms. The summed E-state index contributed by atoms with van der Waals surface area (Å²) in [7, 11) is 0. The molecule has 7 heteroatoms. The predicted molar refractivity (Wildman–Crippen MR) is 114 cm³/mol. The largest absolute Gasteiger partial charge is 0.352 e. The maximum atomic E-state index is 13.7. The van der Waals surface area contributed by atoms with Crippen molar-refractivity contribution in [2.45, 2.75) is 32.2 Å². The van der Waals surface area contributed by atoms with Gasteiger partial charge >= 0.3 is 0 Å². The monoisotopic (exact) mass is 418 g/mol. The van der Waals surface area contributed by atoms with Crippen molar-refractivity contribution < 1.29 is 14.0 Å². The Morgan fingerprint density at radius 1 is 1.10 bits per heavy atom. The van der Waals surface area contributed by atoms with Crippen LogP contribution in [0.25, 0.3) is 5.69 Å². The Bertz CT molecular complexity index is 1150. The highest BCUT2D eigenvalue weighted by atomic mass is 19.1. The van der Waals surface area contributed by atoms with E-state index in [0.717, 1.165) is 47.3 Å². The van der Waals surface area contributed by atoms with Crippen molar-refractivity contribution in [3.63, 3.8) is 0 Å². The summed E-state index contributed by atoms with van der Waals surface area (Å²) in [5.41, 5.74) is 4.92. The summed E-state index contributed by atoms with van der Waals surface area (Å²) in [6.45, 7) is 2.81. The van der Waals surface area contributed by atoms with Gasteiger partial charge in [-0.2, -0.15) is 5.10 Å². The second-order valence-electron chi connectivity index (χ2n) is 8.12. The molecule has 2 aliphatic rings. The Morgan fingerprint density at radius 2 is 1.84 bits per heavy atom. The zero-order valence-electron chi connectivity index (χ0n) is 17.3. The van der Waals surface area contributed by atoms with Gasteiger partial charge < -0.3 is 10.2 Å². The summed E-state index contributed by atoms with van der Waals surface area (Å²) in [6.07, 6.45) is 2.53. The van der Waals surface area contributed by atoms with Gasteiger partial charge in [-0.25, -0.2) is 9.07 Å². The molecule has 1 aliphatic carbocycles. The van der Waals surface area contributed by atoms with Crippen LogP contribution in [0.5, 0.6) is 0 Å². The Balaban J connectivity index is 1.54. The van der Waals surface area contributed by atoms with Gasteiger partial charge in [0.05, 0.1) is 5.69 Å². The fourth-order valence-corrected chi connectivity index (χ4v) is 4.51. The first-order valence-corrected chi connectivity index (χ1v) is 10.5. The first-order chi connectivity index (χ1) is 15.0. The van der Waals surface area contributed by atoms with E-state index >= 15 is 0 Å². The molecule has 2 amide bonds. The standard InChI is InChI=1S/C24H23FN4O2/c1-15-5-7-16(8-6-15)22-23(30)26-13-14-28(22)24(31)21-19-3-2-4-20(19)29(27-21)18-11-9-17(25)10-12-18/h5-12,22H,2-4,13-14H2,1H3,(H,26,30). The van der Waals surface area contributed by atoms with E-state index in [4.69, 9.17) is 0 Å². The number of aryl methyl sites for hydroxylation is 1. The van der Waals surface area contributed by atoms with Crippen LogP contribution in [0.3, 0.4) is 0 Å². The average molecular weight is 418 g/mol. The highest BCUT2D eigenvalue weighted by Crippen LogP contribution is 2.31. The molecule has 1 fully saturated rings. The number of piperazine rings is 1. The van der Waals surface area contributed by atoms with E-state index in [1.54, 1.807) is 21.7 Å². The molecule has 2 aromatic carbocycles. The van der Waals surface area contributed by atoms with Crippen molar-refractivity contribution in [2.24, 2.45) is 0 Å². The topological polar surface area (TPSA) is 67.2 Å². The molecule has 1 saturated heterocycles. The van der Waals surface area contributed by atoms with Gasteiger partial charge in [0.25, 0.3) is 5.91 Å². The van der Waals surface area contributed by atoms with Gasteiger partial charge in [-0.15, -0.1) is 0 Å². The molecule has 6 nitrogen and oxygen atoms in total. The van der Waals surface area contributed by atoms with Gasteiger partial charge in [-0.1, -0.05) is 29.8 Å². The first kappa shape index (κ1) is 19.5. The summed E-state index contributed by atoms with van der Waals surface area (Å²) in [4.78, 5) is 28.0. The molecule has 1 N–H and O–H groups in total. The van der Waals surface area contributed by atoms with Gasteiger partial charge in [-0.3, -0.25) is 9.59 Å². The first-order valence-electron chi connectivity index (χ1n) is 10.5. The molecule has 1 atom stereocenters. The number of halogens is 1. The Labute approximate surface area is 179 Å². The van der Waals surface area contributed by atoms with Crippen LogP contribution >= 0.6 is 0 Å². The Morgan fingerprint density at radius 3 is 2.58 bits per heavy atom. The highest BCUT2D eigenvalue weighted by molar-refractivity contribution is 5.98. The van der Waals surface area contributed by atoms with Crippen LogP contribution in [-0.2, 0) is 17.6 Å². The van der Waals surface area contributed by atoms with Crippen molar-refractivity contribution in [2.75, 3.05) is 13.1 Å². The number of nitrogens with zero attached hydrogens (tertiary/aromatic N) is 3. The van der Waals surface area contributed by atoms with Gasteiger partial charge in [0.15, 0.2) is 5.69 Å². The quantitative estimate of drug-likeness (QED) is 0.711. The average Bonchev–Trinajstić information content (AvgIpc) is 3.38. The van der Waals surface area contributed by atoms with Gasteiger partial charge in [0.2, 0.25) is 5.91 Å². The lowest BCUT2D eigenvalue weighted by atomic mass is 10.00. The number of amides is 2. The second-order valence-corrected chi connectivity index (χ2v) is 8.12. The fraction of sp³-hybridized carbons (Fsp3) is 0.292. The Kier molecular flexibility index (Phi) is 4.81. The summed E-state index contributed by atoms with van der Waals surface area (Å²) in [5.74, 6) is -0.735. The van der Waals surface area contributed by atoms with E-state index < -0.39 is 6.04 Å². The molecule has 0 saturated carbocycles. The van der Waals surface area contributed by atoms with E-state index in [0.29, 0.717) is 18.8 Å². The maximum Gasteiger partial charge on any atom is 0.275 e. The molecule has 0 radical (unpaired) electrons. The van der Waals surface area contributed by atoms with E-state index in [9.17, 15) is 14.0 Å². The number of aromatic nitrogens is 2. The van der Waals surface area contributed by atoms with Crippen molar-refractivity contribution in [1.29, 1.82) is 0 Å². The summed E-state index contributed by atoms with van der Waals surface area (Å²) in [6, 6.07) is 13.1. The van der Waals surface area contributed by atoms with Crippen LogP contribution in [-0.4, -0.2) is 39.6 Å². The zero-order chi connectivity index (χ0) is 21.5. The van der Waals surface area contributed by atoms with Crippen molar-refractivity contribution in [1.82, 2.24) is 20.0 Å². The number of fused-ring (bicyclic) bond motifs is 1. The fourth-order valence-electron chi connectivity index (χ4n) is 4.51. The summed E-state index contributed by atoms with van der Waals surface area (Å²) in [5, 5.41) is 7.52. The van der Waals surface area contributed by atoms with Gasteiger partial charge in [0, 0.05) is 24.3 Å². The molecule has 0 bridgehead atoms. The summed E-state index contributed by atoms with van der Waals surface area (Å²) < 4.78 is 15.1. The molecule has 3 aromatic rings. The molecule has 1 aliphatic heterocycles. The predicted octanol–water partition coefficient (Wildman–Crippen LogP) is 3.12. The molecule has 1 unspecified atom stereocenters. The lowest BCUT2D eigenvalue weighted by molar-refractivity contribution is -0.128. The SMILES string of the molecule is Cc1ccc(C2C(=O)NCCN2C(=O)c2nn(-c3ccc(F)cc3)c3c2CCC3)cc1. The minimum Gasteiger partial charge on any atom is -0.352 e. The summed E-state index contributed by atoms with van der Waals surface area (Å²) >= 11 is 0. The van der Waals surface area contributed by atoms with Gasteiger partial charge in [-0.05, 0) is 56.0 Å². The van der Waals surface area contributed by atoms with Crippen LogP contribution in [0.2, 0.25) is 0 Å². The van der Waals surface area contributed by atoms with Crippen LogP contribution in [0.1, 0.15) is 45.3 Å². The molecular formula is C24H23FN4O2. The highest BCUT2D eigenvalue weighted by Gasteiger charge is 2.38. The molecule has 2 heterocycles. The minimum atomic E-state index is -0.685. The number of carbonyl (C=O) groups is 2. The normalized spacial score (nSPS) is 18.1. The van der Waals surface area contributed by atoms with Crippen LogP contribution in [0.15, 0.2) is 48.5 Å². The molecule has 1 aromatic heterocycles. The van der Waals surface area contributed by atoms with Gasteiger partial charge in [0.1, 0.15) is 11.9 Å². The van der Waals surface area contributed by atoms with Crippen molar-refractivity contribution >= 4 is 11.8 Å². The lowest BCUT2D eigenvalue weighted by Crippen LogP contribution is -2.52. The van der Waals surface area contributed by atoms with E-state index in [-0.39, 0.29) is 17.6 Å². The lowest BCUT2D eigenvalue weighted by Gasteiger charge is -2.35. The second kappa shape index (κ2) is 7.65. The van der Waals surface area contributed by atoms with Crippen LogP contribution in [0.4, 0.5) is 4.39 Å². The number of hydrogen-bond acceptors (Lipinski definition) is 3. The Hall–Kier alpha value is -3.48. The maximum absolute atomic E-state index is 13.7. The number of nitrogens with one attached hydrogen (secondary N) is 1. The zero-order valence-corrected chi connectivity index (χ0v) is 17.3. The third-order valence-corrected chi connectivity index (χ3v) is 6.07. The number of hydrogen-bond donors (Lipinski definition) is 1. The molecule has 158 valence electrons. The van der Waals surface area contributed by atoms with E-state index in [1.807, 2.05) is 31.2 Å². The number of rotatable bonds is 3. The van der Waals surface area contributed by atoms with Crippen LogP contribution in [0, 0.1) is 12.7 Å². The molecular weight excluding hydrogens is 395 g/mol. The smallest absolute Gasteiger partial charge is 0.275 e. The third-order valence-electron chi connectivity index (χ3n) is 6.07. The van der Waals surface area contributed by atoms with Crippen molar-refractivity contribution in [3.05, 3.63) is 82.4 Å². The van der Waals surface area contributed by atoms with Crippen molar-refractivity contribution in [3.8, 4) is 5.69 Å². The van der Waals surface area contributed by atoms with E-state index in [2.05, 4.69) is 10.4 Å². The number of carbonyl (C=O) groups excluding carboxylic acids is 2. The molecule has 31 heavy (non-hydrogen) atoms. The molecule has 5 rings (SSSR count). The van der Waals surface area contributed by atoms with E-state index in [1.165, 1.54) is 12.1 Å². The van der Waals surface area contributed by atoms with Crippen LogP contribution < -0.4 is 5.32 Å².